The molecule has 3 aromatic carbocycles. The van der Waals surface area contributed by atoms with E-state index in [-0.39, 0.29) is 11.3 Å². The number of hydrogen-bond donors (Lipinski definition) is 1. The van der Waals surface area contributed by atoms with Crippen molar-refractivity contribution in [2.45, 2.75) is 6.92 Å². The van der Waals surface area contributed by atoms with Crippen molar-refractivity contribution >= 4 is 52.0 Å². The first-order valence-corrected chi connectivity index (χ1v) is 10.8. The first-order chi connectivity index (χ1) is 15.3. The molecular weight excluding hydrogens is 477 g/mol. The smallest absolute Gasteiger partial charge is 0.166 e. The third-order valence-electron chi connectivity index (χ3n) is 4.49. The lowest BCUT2D eigenvalue weighted by atomic mass is 10.0. The third kappa shape index (κ3) is 4.88. The number of rotatable bonds is 6. The van der Waals surface area contributed by atoms with Gasteiger partial charge in [0, 0.05) is 29.7 Å². The highest BCUT2D eigenvalue weighted by Gasteiger charge is 2.18. The maximum absolute atomic E-state index is 15.3. The van der Waals surface area contributed by atoms with Crippen molar-refractivity contribution in [3.63, 3.8) is 0 Å². The second kappa shape index (κ2) is 9.46. The van der Waals surface area contributed by atoms with Gasteiger partial charge in [0.15, 0.2) is 23.8 Å². The van der Waals surface area contributed by atoms with Gasteiger partial charge in [-0.05, 0) is 48.9 Å². The highest BCUT2D eigenvalue weighted by molar-refractivity contribution is 7.92. The second-order valence-corrected chi connectivity index (χ2v) is 8.52. The van der Waals surface area contributed by atoms with Crippen molar-refractivity contribution in [1.82, 2.24) is 14.4 Å². The average molecular weight is 493 g/mol. The molecule has 4 rings (SSSR count). The molecule has 0 unspecified atom stereocenters. The zero-order valence-electron chi connectivity index (χ0n) is 16.9. The Morgan fingerprint density at radius 2 is 1.88 bits per heavy atom. The van der Waals surface area contributed by atoms with Crippen LogP contribution in [0.3, 0.4) is 0 Å². The summed E-state index contributed by atoms with van der Waals surface area (Å²) in [5.41, 5.74) is 3.81. The highest BCUT2D eigenvalue weighted by atomic mass is 35.5. The molecule has 0 fully saturated rings. The minimum atomic E-state index is -0.745. The van der Waals surface area contributed by atoms with E-state index < -0.39 is 11.6 Å². The molecule has 1 heterocycles. The van der Waals surface area contributed by atoms with Crippen LogP contribution >= 0.6 is 35.4 Å². The minimum absolute atomic E-state index is 0.0671. The van der Waals surface area contributed by atoms with E-state index in [0.717, 1.165) is 12.2 Å². The Labute approximate surface area is 197 Å². The molecule has 1 aromatic heterocycles. The molecule has 0 bridgehead atoms. The third-order valence-corrected chi connectivity index (χ3v) is 5.61. The summed E-state index contributed by atoms with van der Waals surface area (Å²) < 4.78 is 36.8. The van der Waals surface area contributed by atoms with Crippen LogP contribution in [0.25, 0.3) is 22.0 Å². The predicted molar refractivity (Wildman–Crippen MR) is 126 cm³/mol. The summed E-state index contributed by atoms with van der Waals surface area (Å²) in [7, 11) is 1.61. The van der Waals surface area contributed by atoms with Crippen LogP contribution in [0.1, 0.15) is 5.82 Å². The van der Waals surface area contributed by atoms with Crippen molar-refractivity contribution in [2.75, 3.05) is 12.5 Å². The zero-order valence-corrected chi connectivity index (χ0v) is 19.2. The Hall–Kier alpha value is -2.65. The van der Waals surface area contributed by atoms with Gasteiger partial charge in [-0.3, -0.25) is 0 Å². The molecule has 4 aromatic rings. The number of anilines is 1. The van der Waals surface area contributed by atoms with E-state index in [2.05, 4.69) is 15.4 Å². The Morgan fingerprint density at radius 1 is 1.06 bits per heavy atom. The van der Waals surface area contributed by atoms with Crippen molar-refractivity contribution in [1.29, 1.82) is 0 Å². The Bertz CT molecular complexity index is 1310. The summed E-state index contributed by atoms with van der Waals surface area (Å²) in [6.07, 6.45) is 1.63. The fourth-order valence-corrected chi connectivity index (χ4v) is 3.84. The lowest BCUT2D eigenvalue weighted by Crippen LogP contribution is -2.20. The van der Waals surface area contributed by atoms with Gasteiger partial charge in [-0.15, -0.1) is 4.41 Å². The number of nitrogens with zero attached hydrogens (tertiary/aromatic N) is 3. The van der Waals surface area contributed by atoms with E-state index >= 15 is 4.39 Å². The van der Waals surface area contributed by atoms with E-state index in [1.165, 1.54) is 16.5 Å². The summed E-state index contributed by atoms with van der Waals surface area (Å²) in [4.78, 5) is 8.47. The van der Waals surface area contributed by atoms with Crippen LogP contribution in [0.5, 0.6) is 5.75 Å². The van der Waals surface area contributed by atoms with Gasteiger partial charge in [-0.1, -0.05) is 29.3 Å². The number of benzene rings is 3. The van der Waals surface area contributed by atoms with Crippen LogP contribution in [0.4, 0.5) is 14.5 Å². The summed E-state index contributed by atoms with van der Waals surface area (Å²) in [5.74, 6) is -0.453. The number of hydrazine groups is 1. The van der Waals surface area contributed by atoms with Gasteiger partial charge in [0.05, 0.1) is 21.8 Å². The summed E-state index contributed by atoms with van der Waals surface area (Å²) in [6, 6.07) is 12.3. The number of halogens is 4. The Balaban J connectivity index is 1.56. The van der Waals surface area contributed by atoms with E-state index in [0.29, 0.717) is 38.1 Å². The van der Waals surface area contributed by atoms with Gasteiger partial charge in [-0.2, -0.15) is 0 Å². The van der Waals surface area contributed by atoms with Crippen molar-refractivity contribution < 1.29 is 13.0 Å². The van der Waals surface area contributed by atoms with E-state index in [1.54, 1.807) is 56.6 Å². The average Bonchev–Trinajstić information content (AvgIpc) is 2.76. The monoisotopic (exact) mass is 492 g/mol. The highest BCUT2D eigenvalue weighted by Crippen LogP contribution is 2.34. The molecule has 32 heavy (non-hydrogen) atoms. The molecule has 1 N–H and O–H groups in total. The molecule has 164 valence electrons. The minimum Gasteiger partial charge on any atom is -0.407 e. The molecule has 10 heteroatoms. The van der Waals surface area contributed by atoms with E-state index in [4.69, 9.17) is 27.4 Å². The largest absolute Gasteiger partial charge is 0.407 e. The number of hydrogen-bond acceptors (Lipinski definition) is 6. The van der Waals surface area contributed by atoms with Crippen molar-refractivity contribution in [3.8, 4) is 16.9 Å². The summed E-state index contributed by atoms with van der Waals surface area (Å²) in [5, 5.41) is 1.52. The number of nitrogens with one attached hydrogen (secondary N) is 1. The Kier molecular flexibility index (Phi) is 6.66. The maximum atomic E-state index is 15.3. The van der Waals surface area contributed by atoms with Gasteiger partial charge in [0.2, 0.25) is 0 Å². The number of fused-ring (bicyclic) bond motifs is 1. The molecular formula is C22H16Cl2F2N4OS. The van der Waals surface area contributed by atoms with Crippen LogP contribution in [-0.2, 0) is 0 Å². The van der Waals surface area contributed by atoms with Gasteiger partial charge < -0.3 is 9.61 Å². The molecule has 0 aliphatic rings. The standard InChI is InChI=1S/C22H16Cl2F2N4OS/c1-12-27-11-14-9-13(3-7-18(14)28-12)21-17(25)6-8-19(22(21)26)29-30(2)32-31-20-10-15(23)4-5-16(20)24/h3-11,29H,1-2H3. The van der Waals surface area contributed by atoms with Crippen LogP contribution < -0.4 is 9.61 Å². The summed E-state index contributed by atoms with van der Waals surface area (Å²) in [6.45, 7) is 1.78. The lowest BCUT2D eigenvalue weighted by molar-refractivity contribution is 0.557. The molecule has 0 amide bonds. The van der Waals surface area contributed by atoms with Gasteiger partial charge in [0.1, 0.15) is 11.6 Å². The molecule has 0 aliphatic carbocycles. The molecule has 0 spiro atoms. The van der Waals surface area contributed by atoms with Gasteiger partial charge in [-0.25, -0.2) is 18.7 Å². The topological polar surface area (TPSA) is 50.3 Å². The Morgan fingerprint density at radius 3 is 2.69 bits per heavy atom. The first-order valence-electron chi connectivity index (χ1n) is 9.33. The zero-order chi connectivity index (χ0) is 22.8. The van der Waals surface area contributed by atoms with Crippen molar-refractivity contribution in [2.24, 2.45) is 0 Å². The van der Waals surface area contributed by atoms with Crippen LogP contribution in [-0.4, -0.2) is 21.4 Å². The predicted octanol–water partition coefficient (Wildman–Crippen LogP) is 7.09. The molecule has 5 nitrogen and oxygen atoms in total. The maximum Gasteiger partial charge on any atom is 0.166 e. The van der Waals surface area contributed by atoms with Gasteiger partial charge >= 0.3 is 0 Å². The SMILES string of the molecule is Cc1ncc2cc(-c3c(F)ccc(NN(C)SOc4cc(Cl)ccc4Cl)c3F)ccc2n1. The molecule has 0 aliphatic heterocycles. The van der Waals surface area contributed by atoms with E-state index in [1.807, 2.05) is 0 Å². The van der Waals surface area contributed by atoms with Crippen LogP contribution in [0.2, 0.25) is 10.0 Å². The number of aryl methyl sites for hydroxylation is 1. The molecule has 0 saturated heterocycles. The lowest BCUT2D eigenvalue weighted by Gasteiger charge is -2.19. The summed E-state index contributed by atoms with van der Waals surface area (Å²) >= 11 is 12.9. The first kappa shape index (κ1) is 22.5. The molecule has 0 saturated carbocycles. The van der Waals surface area contributed by atoms with Crippen LogP contribution in [0.15, 0.2) is 54.7 Å². The molecule has 0 atom stereocenters. The van der Waals surface area contributed by atoms with Crippen molar-refractivity contribution in [3.05, 3.63) is 82.2 Å². The number of aromatic nitrogens is 2. The molecule has 0 radical (unpaired) electrons. The fraction of sp³-hybridized carbons (Fsp3) is 0.0909. The normalized spacial score (nSPS) is 11.2. The van der Waals surface area contributed by atoms with Gasteiger partial charge in [0.25, 0.3) is 0 Å². The fourth-order valence-electron chi connectivity index (χ4n) is 3.01. The van der Waals surface area contributed by atoms with E-state index in [9.17, 15) is 4.39 Å². The second-order valence-electron chi connectivity index (χ2n) is 6.82. The quantitative estimate of drug-likeness (QED) is 0.176. The van der Waals surface area contributed by atoms with Crippen LogP contribution in [0, 0.1) is 18.6 Å².